The summed E-state index contributed by atoms with van der Waals surface area (Å²) in [4.78, 5) is 23.7. The molecule has 0 amide bonds. The van der Waals surface area contributed by atoms with Gasteiger partial charge in [-0.3, -0.25) is 9.59 Å². The van der Waals surface area contributed by atoms with Gasteiger partial charge in [-0.25, -0.2) is 0 Å². The van der Waals surface area contributed by atoms with E-state index >= 15 is 0 Å². The molecular weight excluding hydrogens is 212 g/mol. The molecule has 1 spiro atoms. The molecule has 0 aromatic heterocycles. The third-order valence-corrected chi connectivity index (χ3v) is 4.62. The summed E-state index contributed by atoms with van der Waals surface area (Å²) in [5.74, 6) is -0.128. The first-order valence-corrected chi connectivity index (χ1v) is 5.67. The molecule has 0 saturated carbocycles. The minimum Gasteiger partial charge on any atom is -0.462 e. The number of ketones is 1. The first-order chi connectivity index (χ1) is 7.68. The van der Waals surface area contributed by atoms with Crippen molar-refractivity contribution < 1.29 is 23.8 Å². The van der Waals surface area contributed by atoms with Gasteiger partial charge in [0.25, 0.3) is 0 Å². The topological polar surface area (TPSA) is 61.8 Å². The maximum Gasteiger partial charge on any atom is 0.315 e. The SMILES string of the molecule is O=C1CC2OCCC34CC1OC23COC4=O. The van der Waals surface area contributed by atoms with Gasteiger partial charge in [-0.1, -0.05) is 0 Å². The van der Waals surface area contributed by atoms with Crippen molar-refractivity contribution in [3.05, 3.63) is 0 Å². The standard InChI is InChI=1S/C11H12O5/c12-6-3-8-11-5-15-9(13)10(11,1-2-14-8)4-7(6)16-11/h7-8H,1-5H2. The number of carbonyl (C=O) groups is 2. The number of cyclic esters (lactones) is 1. The zero-order valence-electron chi connectivity index (χ0n) is 8.73. The highest BCUT2D eigenvalue weighted by Gasteiger charge is 2.76. The molecule has 4 unspecified atom stereocenters. The third-order valence-electron chi connectivity index (χ3n) is 4.62. The second-order valence-electron chi connectivity index (χ2n) is 5.14. The van der Waals surface area contributed by atoms with Crippen molar-refractivity contribution in [3.8, 4) is 0 Å². The first kappa shape index (κ1) is 9.13. The van der Waals surface area contributed by atoms with Crippen LogP contribution in [0, 0.1) is 5.41 Å². The van der Waals surface area contributed by atoms with Crippen LogP contribution in [0.5, 0.6) is 0 Å². The highest BCUT2D eigenvalue weighted by atomic mass is 16.6. The Bertz CT molecular complexity index is 405. The van der Waals surface area contributed by atoms with Gasteiger partial charge in [-0.15, -0.1) is 0 Å². The fraction of sp³-hybridized carbons (Fsp3) is 0.818. The van der Waals surface area contributed by atoms with Crippen LogP contribution < -0.4 is 0 Å². The molecule has 4 fully saturated rings. The van der Waals surface area contributed by atoms with Crippen LogP contribution in [-0.2, 0) is 23.8 Å². The largest absolute Gasteiger partial charge is 0.462 e. The Morgan fingerprint density at radius 2 is 2.19 bits per heavy atom. The lowest BCUT2D eigenvalue weighted by atomic mass is 9.67. The summed E-state index contributed by atoms with van der Waals surface area (Å²) in [6, 6.07) is 0. The van der Waals surface area contributed by atoms with E-state index in [4.69, 9.17) is 14.2 Å². The number of hydrogen-bond donors (Lipinski definition) is 0. The molecule has 0 radical (unpaired) electrons. The average Bonchev–Trinajstić information content (AvgIpc) is 2.74. The second-order valence-corrected chi connectivity index (χ2v) is 5.14. The van der Waals surface area contributed by atoms with Gasteiger partial charge < -0.3 is 14.2 Å². The van der Waals surface area contributed by atoms with Gasteiger partial charge in [-0.2, -0.15) is 0 Å². The number of esters is 1. The monoisotopic (exact) mass is 224 g/mol. The van der Waals surface area contributed by atoms with Gasteiger partial charge in [0, 0.05) is 13.0 Å². The number of fused-ring (bicyclic) bond motifs is 1. The van der Waals surface area contributed by atoms with E-state index in [-0.39, 0.29) is 24.5 Å². The van der Waals surface area contributed by atoms with E-state index in [1.807, 2.05) is 0 Å². The fourth-order valence-electron chi connectivity index (χ4n) is 3.76. The maximum atomic E-state index is 12.0. The summed E-state index contributed by atoms with van der Waals surface area (Å²) in [6.45, 7) is 0.769. The molecule has 4 aliphatic heterocycles. The molecule has 2 bridgehead atoms. The predicted octanol–water partition coefficient (Wildman–Crippen LogP) is -0.181. The van der Waals surface area contributed by atoms with E-state index in [0.29, 0.717) is 25.9 Å². The van der Waals surface area contributed by atoms with E-state index in [1.165, 1.54) is 0 Å². The van der Waals surface area contributed by atoms with E-state index in [2.05, 4.69) is 0 Å². The van der Waals surface area contributed by atoms with Crippen LogP contribution in [0.25, 0.3) is 0 Å². The van der Waals surface area contributed by atoms with Crippen LogP contribution in [0.1, 0.15) is 19.3 Å². The van der Waals surface area contributed by atoms with Gasteiger partial charge in [0.2, 0.25) is 0 Å². The summed E-state index contributed by atoms with van der Waals surface area (Å²) >= 11 is 0. The van der Waals surface area contributed by atoms with Crippen molar-refractivity contribution in [3.63, 3.8) is 0 Å². The van der Waals surface area contributed by atoms with Crippen LogP contribution in [0.3, 0.4) is 0 Å². The van der Waals surface area contributed by atoms with E-state index < -0.39 is 17.1 Å². The Labute approximate surface area is 92.0 Å². The summed E-state index contributed by atoms with van der Waals surface area (Å²) in [5, 5.41) is 0. The predicted molar refractivity (Wildman–Crippen MR) is 49.6 cm³/mol. The molecule has 4 rings (SSSR count). The van der Waals surface area contributed by atoms with Crippen LogP contribution in [0.2, 0.25) is 0 Å². The molecule has 4 heterocycles. The van der Waals surface area contributed by atoms with Crippen LogP contribution in [0.4, 0.5) is 0 Å². The van der Waals surface area contributed by atoms with E-state index in [0.717, 1.165) is 0 Å². The Morgan fingerprint density at radius 1 is 1.31 bits per heavy atom. The van der Waals surface area contributed by atoms with Crippen LogP contribution in [0.15, 0.2) is 0 Å². The lowest BCUT2D eigenvalue weighted by Gasteiger charge is -2.45. The molecule has 5 nitrogen and oxygen atoms in total. The summed E-state index contributed by atoms with van der Waals surface area (Å²) in [5.41, 5.74) is -1.27. The van der Waals surface area contributed by atoms with Crippen molar-refractivity contribution in [1.82, 2.24) is 0 Å². The first-order valence-electron chi connectivity index (χ1n) is 5.67. The van der Waals surface area contributed by atoms with Crippen LogP contribution >= 0.6 is 0 Å². The minimum atomic E-state index is -0.666. The molecule has 5 heteroatoms. The number of hydrogen-bond acceptors (Lipinski definition) is 5. The molecule has 4 aliphatic rings. The Hall–Kier alpha value is -0.940. The van der Waals surface area contributed by atoms with Crippen molar-refractivity contribution in [2.75, 3.05) is 13.2 Å². The van der Waals surface area contributed by atoms with E-state index in [1.54, 1.807) is 0 Å². The number of carbonyl (C=O) groups excluding carboxylic acids is 2. The zero-order valence-corrected chi connectivity index (χ0v) is 8.73. The van der Waals surface area contributed by atoms with Crippen LogP contribution in [-0.4, -0.2) is 42.8 Å². The van der Waals surface area contributed by atoms with Gasteiger partial charge in [0.15, 0.2) is 5.78 Å². The molecule has 0 aromatic rings. The zero-order chi connectivity index (χ0) is 11.0. The number of Topliss-reactive ketones (excluding diaryl/α,β-unsaturated/α-hetero) is 1. The molecule has 0 aliphatic carbocycles. The summed E-state index contributed by atoms with van der Waals surface area (Å²) < 4.78 is 16.6. The van der Waals surface area contributed by atoms with Crippen molar-refractivity contribution in [2.45, 2.75) is 37.1 Å². The molecule has 16 heavy (non-hydrogen) atoms. The molecule has 86 valence electrons. The van der Waals surface area contributed by atoms with Gasteiger partial charge in [-0.05, 0) is 12.8 Å². The molecular formula is C11H12O5. The van der Waals surface area contributed by atoms with E-state index in [9.17, 15) is 9.59 Å². The second kappa shape index (κ2) is 2.49. The average molecular weight is 224 g/mol. The van der Waals surface area contributed by atoms with Crippen molar-refractivity contribution in [1.29, 1.82) is 0 Å². The highest BCUT2D eigenvalue weighted by Crippen LogP contribution is 2.61. The summed E-state index contributed by atoms with van der Waals surface area (Å²) in [6.07, 6.45) is 0.768. The van der Waals surface area contributed by atoms with Gasteiger partial charge in [0.05, 0.1) is 6.10 Å². The third kappa shape index (κ3) is 0.729. The molecule has 0 N–H and O–H groups in total. The Balaban J connectivity index is 1.92. The lowest BCUT2D eigenvalue weighted by molar-refractivity contribution is -0.213. The maximum absolute atomic E-state index is 12.0. The quantitative estimate of drug-likeness (QED) is 0.534. The minimum absolute atomic E-state index is 0.0686. The number of rotatable bonds is 0. The molecule has 4 saturated heterocycles. The Morgan fingerprint density at radius 3 is 3.06 bits per heavy atom. The Kier molecular flexibility index (Phi) is 1.42. The van der Waals surface area contributed by atoms with Gasteiger partial charge in [0.1, 0.15) is 23.7 Å². The summed E-state index contributed by atoms with van der Waals surface area (Å²) in [7, 11) is 0. The lowest BCUT2D eigenvalue weighted by Crippen LogP contribution is -2.61. The smallest absolute Gasteiger partial charge is 0.315 e. The normalized spacial score (nSPS) is 53.8. The number of ether oxygens (including phenoxy) is 3. The fourth-order valence-corrected chi connectivity index (χ4v) is 3.76. The van der Waals surface area contributed by atoms with Crippen molar-refractivity contribution >= 4 is 11.8 Å². The highest BCUT2D eigenvalue weighted by molar-refractivity contribution is 5.91. The molecule has 0 aromatic carbocycles. The molecule has 4 atom stereocenters. The van der Waals surface area contributed by atoms with Gasteiger partial charge >= 0.3 is 5.97 Å². The van der Waals surface area contributed by atoms with Crippen molar-refractivity contribution in [2.24, 2.45) is 5.41 Å².